The highest BCUT2D eigenvalue weighted by Crippen LogP contribution is 2.33. The highest BCUT2D eigenvalue weighted by atomic mass is 19.4. The minimum Gasteiger partial charge on any atom is -0.493 e. The van der Waals surface area contributed by atoms with Crippen LogP contribution in [-0.2, 0) is 19.1 Å². The molecule has 1 aliphatic heterocycles. The second-order valence-corrected chi connectivity index (χ2v) is 6.90. The molecule has 2 heterocycles. The molecule has 0 spiro atoms. The first-order valence-electron chi connectivity index (χ1n) is 9.31. The topological polar surface area (TPSA) is 82.4 Å². The van der Waals surface area contributed by atoms with E-state index in [2.05, 4.69) is 15.4 Å². The maximum atomic E-state index is 12.9. The standard InChI is InChI=1S/C20H18F3N5O3/c1-30-16-9-12-7-8-27(11-13(12)10-17(16)31-2)19(29)18-24-26-28(25-18)15-5-3-14(4-6-15)20(21,22)23/h3-6,9-10H,7-8,11H2,1-2H3. The van der Waals surface area contributed by atoms with Crippen molar-refractivity contribution in [3.8, 4) is 17.2 Å². The SMILES string of the molecule is COc1cc2c(cc1OC)CN(C(=O)c1nnn(-c3ccc(C(F)(F)F)cc3)n1)CC2. The van der Waals surface area contributed by atoms with Gasteiger partial charge in [-0.1, -0.05) is 0 Å². The number of rotatable bonds is 4. The molecule has 1 aliphatic rings. The summed E-state index contributed by atoms with van der Waals surface area (Å²) in [6.07, 6.45) is -3.82. The van der Waals surface area contributed by atoms with Gasteiger partial charge in [0.2, 0.25) is 0 Å². The third-order valence-corrected chi connectivity index (χ3v) is 5.04. The number of methoxy groups -OCH3 is 2. The lowest BCUT2D eigenvalue weighted by molar-refractivity contribution is -0.137. The summed E-state index contributed by atoms with van der Waals surface area (Å²) in [5, 5.41) is 11.6. The van der Waals surface area contributed by atoms with Gasteiger partial charge in [-0.15, -0.1) is 15.0 Å². The fourth-order valence-corrected chi connectivity index (χ4v) is 3.39. The number of amides is 1. The van der Waals surface area contributed by atoms with Gasteiger partial charge in [0.05, 0.1) is 25.5 Å². The Morgan fingerprint density at radius 1 is 1.03 bits per heavy atom. The van der Waals surface area contributed by atoms with Gasteiger partial charge in [0.15, 0.2) is 11.5 Å². The minimum absolute atomic E-state index is 0.135. The number of carbonyl (C=O) groups excluding carboxylic acids is 1. The maximum absolute atomic E-state index is 12.9. The number of fused-ring (bicyclic) bond motifs is 1. The van der Waals surface area contributed by atoms with E-state index < -0.39 is 17.6 Å². The van der Waals surface area contributed by atoms with E-state index in [9.17, 15) is 18.0 Å². The summed E-state index contributed by atoms with van der Waals surface area (Å²) in [7, 11) is 3.11. The zero-order valence-corrected chi connectivity index (χ0v) is 16.7. The molecule has 1 amide bonds. The molecule has 11 heteroatoms. The Balaban J connectivity index is 1.52. The number of hydrogen-bond acceptors (Lipinski definition) is 6. The predicted molar refractivity (Wildman–Crippen MR) is 102 cm³/mol. The minimum atomic E-state index is -4.44. The molecule has 0 N–H and O–H groups in total. The van der Waals surface area contributed by atoms with Crippen LogP contribution < -0.4 is 9.47 Å². The van der Waals surface area contributed by atoms with E-state index in [1.807, 2.05) is 12.1 Å². The molecule has 0 atom stereocenters. The Hall–Kier alpha value is -3.63. The van der Waals surface area contributed by atoms with Gasteiger partial charge in [-0.05, 0) is 59.2 Å². The van der Waals surface area contributed by atoms with E-state index in [-0.39, 0.29) is 11.5 Å². The van der Waals surface area contributed by atoms with Gasteiger partial charge in [-0.25, -0.2) is 0 Å². The van der Waals surface area contributed by atoms with Crippen molar-refractivity contribution in [2.75, 3.05) is 20.8 Å². The van der Waals surface area contributed by atoms with E-state index in [0.29, 0.717) is 31.0 Å². The number of halogens is 3. The monoisotopic (exact) mass is 433 g/mol. The van der Waals surface area contributed by atoms with Gasteiger partial charge < -0.3 is 14.4 Å². The summed E-state index contributed by atoms with van der Waals surface area (Å²) in [5.41, 5.74) is 1.46. The van der Waals surface area contributed by atoms with Crippen LogP contribution in [0.15, 0.2) is 36.4 Å². The quantitative estimate of drug-likeness (QED) is 0.629. The van der Waals surface area contributed by atoms with E-state index in [4.69, 9.17) is 9.47 Å². The zero-order chi connectivity index (χ0) is 22.2. The molecule has 1 aromatic heterocycles. The second-order valence-electron chi connectivity index (χ2n) is 6.90. The number of carbonyl (C=O) groups is 1. The summed E-state index contributed by atoms with van der Waals surface area (Å²) >= 11 is 0. The average Bonchev–Trinajstić information content (AvgIpc) is 3.27. The Morgan fingerprint density at radius 2 is 1.68 bits per heavy atom. The van der Waals surface area contributed by atoms with Crippen LogP contribution in [0.2, 0.25) is 0 Å². The van der Waals surface area contributed by atoms with Crippen LogP contribution in [0.4, 0.5) is 13.2 Å². The first-order valence-corrected chi connectivity index (χ1v) is 9.31. The third-order valence-electron chi connectivity index (χ3n) is 5.04. The summed E-state index contributed by atoms with van der Waals surface area (Å²) in [6, 6.07) is 8.01. The Kier molecular flexibility index (Phi) is 5.25. The van der Waals surface area contributed by atoms with Gasteiger partial charge in [-0.3, -0.25) is 4.79 Å². The number of hydrogen-bond donors (Lipinski definition) is 0. The molecule has 31 heavy (non-hydrogen) atoms. The Bertz CT molecular complexity index is 1110. The second kappa shape index (κ2) is 7.89. The van der Waals surface area contributed by atoms with Crippen molar-refractivity contribution in [2.24, 2.45) is 0 Å². The molecule has 4 rings (SSSR count). The van der Waals surface area contributed by atoms with E-state index >= 15 is 0 Å². The highest BCUT2D eigenvalue weighted by Gasteiger charge is 2.30. The molecule has 0 aliphatic carbocycles. The number of ether oxygens (including phenoxy) is 2. The molecule has 0 bridgehead atoms. The van der Waals surface area contributed by atoms with E-state index in [1.54, 1.807) is 19.1 Å². The molecule has 0 radical (unpaired) electrons. The molecule has 2 aromatic carbocycles. The van der Waals surface area contributed by atoms with Crippen LogP contribution in [-0.4, -0.2) is 51.8 Å². The van der Waals surface area contributed by atoms with Crippen LogP contribution >= 0.6 is 0 Å². The van der Waals surface area contributed by atoms with Crippen molar-refractivity contribution in [3.05, 3.63) is 58.9 Å². The highest BCUT2D eigenvalue weighted by molar-refractivity contribution is 5.90. The molecule has 0 saturated heterocycles. The molecular formula is C20H18F3N5O3. The number of benzene rings is 2. The first kappa shape index (κ1) is 20.6. The molecule has 8 nitrogen and oxygen atoms in total. The molecule has 0 unspecified atom stereocenters. The van der Waals surface area contributed by atoms with Crippen molar-refractivity contribution in [1.82, 2.24) is 25.1 Å². The third kappa shape index (κ3) is 4.03. The molecule has 3 aromatic rings. The van der Waals surface area contributed by atoms with E-state index in [1.165, 1.54) is 12.1 Å². The largest absolute Gasteiger partial charge is 0.493 e. The Labute approximate surface area is 175 Å². The normalized spacial score (nSPS) is 13.6. The Morgan fingerprint density at radius 3 is 2.29 bits per heavy atom. The zero-order valence-electron chi connectivity index (χ0n) is 16.7. The first-order chi connectivity index (χ1) is 14.8. The van der Waals surface area contributed by atoms with Crippen LogP contribution in [0, 0.1) is 0 Å². The lowest BCUT2D eigenvalue weighted by atomic mass is 9.98. The van der Waals surface area contributed by atoms with Gasteiger partial charge in [0, 0.05) is 13.1 Å². The lowest BCUT2D eigenvalue weighted by Crippen LogP contribution is -2.36. The summed E-state index contributed by atoms with van der Waals surface area (Å²) in [4.78, 5) is 15.5. The van der Waals surface area contributed by atoms with Gasteiger partial charge in [0.25, 0.3) is 11.7 Å². The van der Waals surface area contributed by atoms with Crippen molar-refractivity contribution < 1.29 is 27.4 Å². The van der Waals surface area contributed by atoms with Gasteiger partial charge in [0.1, 0.15) is 0 Å². The molecular weight excluding hydrogens is 415 g/mol. The lowest BCUT2D eigenvalue weighted by Gasteiger charge is -2.28. The van der Waals surface area contributed by atoms with Crippen molar-refractivity contribution >= 4 is 5.91 Å². The van der Waals surface area contributed by atoms with Crippen molar-refractivity contribution in [2.45, 2.75) is 19.1 Å². The number of alkyl halides is 3. The number of aromatic nitrogens is 4. The average molecular weight is 433 g/mol. The summed E-state index contributed by atoms with van der Waals surface area (Å²) < 4.78 is 48.8. The van der Waals surface area contributed by atoms with Gasteiger partial charge >= 0.3 is 6.18 Å². The summed E-state index contributed by atoms with van der Waals surface area (Å²) in [5.74, 6) is 0.645. The molecule has 162 valence electrons. The van der Waals surface area contributed by atoms with Crippen LogP contribution in [0.25, 0.3) is 5.69 Å². The fourth-order valence-electron chi connectivity index (χ4n) is 3.39. The maximum Gasteiger partial charge on any atom is 0.416 e. The number of nitrogens with zero attached hydrogens (tertiary/aromatic N) is 5. The number of tetrazole rings is 1. The molecule has 0 saturated carbocycles. The van der Waals surface area contributed by atoms with E-state index in [0.717, 1.165) is 28.1 Å². The molecule has 0 fully saturated rings. The van der Waals surface area contributed by atoms with Gasteiger partial charge in [-0.2, -0.15) is 13.2 Å². The predicted octanol–water partition coefficient (Wildman–Crippen LogP) is 2.90. The van der Waals surface area contributed by atoms with Crippen LogP contribution in [0.3, 0.4) is 0 Å². The smallest absolute Gasteiger partial charge is 0.416 e. The van der Waals surface area contributed by atoms with Crippen molar-refractivity contribution in [1.29, 1.82) is 0 Å². The fraction of sp³-hybridized carbons (Fsp3) is 0.300. The van der Waals surface area contributed by atoms with Crippen molar-refractivity contribution in [3.63, 3.8) is 0 Å². The van der Waals surface area contributed by atoms with Crippen LogP contribution in [0.5, 0.6) is 11.5 Å². The summed E-state index contributed by atoms with van der Waals surface area (Å²) in [6.45, 7) is 0.791. The van der Waals surface area contributed by atoms with Crippen LogP contribution in [0.1, 0.15) is 27.3 Å².